The molecule has 0 saturated carbocycles. The molecular weight excluding hydrogens is 268 g/mol. The number of H-pyrrole nitrogens is 1. The van der Waals surface area contributed by atoms with Gasteiger partial charge in [0.15, 0.2) is 0 Å². The number of allylic oxidation sites excluding steroid dienone is 1. The molecule has 2 aromatic heterocycles. The summed E-state index contributed by atoms with van der Waals surface area (Å²) in [5.41, 5.74) is 7.40. The van der Waals surface area contributed by atoms with Crippen LogP contribution < -0.4 is 0 Å². The number of pyridine rings is 1. The van der Waals surface area contributed by atoms with Crippen LogP contribution in [-0.4, -0.2) is 9.97 Å². The van der Waals surface area contributed by atoms with E-state index in [9.17, 15) is 0 Å². The first-order valence-corrected chi connectivity index (χ1v) is 7.87. The van der Waals surface area contributed by atoms with Crippen LogP contribution in [0.1, 0.15) is 36.2 Å². The lowest BCUT2D eigenvalue weighted by atomic mass is 9.94. The quantitative estimate of drug-likeness (QED) is 0.708. The number of aryl methyl sites for hydroxylation is 3. The van der Waals surface area contributed by atoms with Crippen molar-refractivity contribution < 1.29 is 0 Å². The molecule has 1 aromatic carbocycles. The molecule has 2 heteroatoms. The van der Waals surface area contributed by atoms with Crippen molar-refractivity contribution in [2.75, 3.05) is 0 Å². The topological polar surface area (TPSA) is 28.7 Å². The third kappa shape index (κ3) is 2.96. The van der Waals surface area contributed by atoms with E-state index in [-0.39, 0.29) is 0 Å². The molecule has 1 N–H and O–H groups in total. The summed E-state index contributed by atoms with van der Waals surface area (Å²) in [6, 6.07) is 11.0. The molecule has 0 bridgehead atoms. The lowest BCUT2D eigenvalue weighted by Gasteiger charge is -2.11. The highest BCUT2D eigenvalue weighted by Crippen LogP contribution is 2.22. The summed E-state index contributed by atoms with van der Waals surface area (Å²) in [5.74, 6) is 0. The van der Waals surface area contributed by atoms with E-state index in [0.717, 1.165) is 36.0 Å². The van der Waals surface area contributed by atoms with Crippen LogP contribution in [0.25, 0.3) is 16.5 Å². The van der Waals surface area contributed by atoms with E-state index in [4.69, 9.17) is 0 Å². The lowest BCUT2D eigenvalue weighted by molar-refractivity contribution is 0.912. The maximum atomic E-state index is 4.55. The van der Waals surface area contributed by atoms with Gasteiger partial charge in [0.25, 0.3) is 0 Å². The van der Waals surface area contributed by atoms with Crippen molar-refractivity contribution in [3.8, 4) is 0 Å². The third-order valence-electron chi connectivity index (χ3n) is 4.19. The van der Waals surface area contributed by atoms with Gasteiger partial charge in [-0.25, -0.2) is 0 Å². The molecule has 2 nitrogen and oxygen atoms in total. The number of benzene rings is 1. The van der Waals surface area contributed by atoms with E-state index in [1.165, 1.54) is 22.1 Å². The van der Waals surface area contributed by atoms with E-state index in [1.807, 2.05) is 12.4 Å². The van der Waals surface area contributed by atoms with Crippen molar-refractivity contribution in [1.29, 1.82) is 0 Å². The fourth-order valence-electron chi connectivity index (χ4n) is 2.85. The smallest absolute Gasteiger partial charge is 0.0640 e. The lowest BCUT2D eigenvalue weighted by Crippen LogP contribution is -1.99. The van der Waals surface area contributed by atoms with E-state index in [1.54, 1.807) is 0 Å². The number of fused-ring (bicyclic) bond motifs is 1. The van der Waals surface area contributed by atoms with Crippen LogP contribution in [0.4, 0.5) is 0 Å². The van der Waals surface area contributed by atoms with Crippen LogP contribution in [0.5, 0.6) is 0 Å². The van der Waals surface area contributed by atoms with Crippen LogP contribution in [0.3, 0.4) is 0 Å². The van der Waals surface area contributed by atoms with E-state index < -0.39 is 0 Å². The maximum absolute atomic E-state index is 4.55. The first-order valence-electron chi connectivity index (χ1n) is 7.87. The summed E-state index contributed by atoms with van der Waals surface area (Å²) in [4.78, 5) is 7.73. The Morgan fingerprint density at radius 1 is 1.18 bits per heavy atom. The second-order valence-electron chi connectivity index (χ2n) is 5.87. The van der Waals surface area contributed by atoms with Crippen LogP contribution in [0.2, 0.25) is 0 Å². The first-order chi connectivity index (χ1) is 10.7. The fourth-order valence-corrected chi connectivity index (χ4v) is 2.85. The zero-order valence-corrected chi connectivity index (χ0v) is 13.3. The average molecular weight is 290 g/mol. The molecule has 0 saturated heterocycles. The number of nitrogens with one attached hydrogen (secondary N) is 1. The number of aromatic amines is 1. The van der Waals surface area contributed by atoms with Crippen molar-refractivity contribution in [2.24, 2.45) is 0 Å². The first kappa shape index (κ1) is 14.6. The van der Waals surface area contributed by atoms with Crippen molar-refractivity contribution in [1.82, 2.24) is 9.97 Å². The van der Waals surface area contributed by atoms with Gasteiger partial charge in [0.05, 0.1) is 11.7 Å². The second kappa shape index (κ2) is 6.18. The SMILES string of the molecule is C=C(C)c1cc(CC)ccc1CCc1cc2cc[nH]c2cn1. The molecule has 0 fully saturated rings. The van der Waals surface area contributed by atoms with Crippen molar-refractivity contribution in [2.45, 2.75) is 33.1 Å². The van der Waals surface area contributed by atoms with Gasteiger partial charge in [-0.2, -0.15) is 0 Å². The predicted octanol–water partition coefficient (Wildman–Crippen LogP) is 4.94. The molecule has 2 heterocycles. The summed E-state index contributed by atoms with van der Waals surface area (Å²) < 4.78 is 0. The minimum absolute atomic E-state index is 0.951. The molecular formula is C20H22N2. The zero-order chi connectivity index (χ0) is 15.5. The number of hydrogen-bond donors (Lipinski definition) is 1. The number of aromatic nitrogens is 2. The molecule has 0 aliphatic carbocycles. The normalized spacial score (nSPS) is 11.0. The Labute approximate surface area is 131 Å². The minimum Gasteiger partial charge on any atom is -0.360 e. The molecule has 0 aliphatic rings. The Balaban J connectivity index is 1.82. The van der Waals surface area contributed by atoms with Crippen molar-refractivity contribution >= 4 is 16.5 Å². The number of hydrogen-bond acceptors (Lipinski definition) is 1. The Morgan fingerprint density at radius 2 is 2.05 bits per heavy atom. The second-order valence-corrected chi connectivity index (χ2v) is 5.87. The van der Waals surface area contributed by atoms with E-state index >= 15 is 0 Å². The van der Waals surface area contributed by atoms with Gasteiger partial charge in [-0.05, 0) is 55.0 Å². The van der Waals surface area contributed by atoms with Gasteiger partial charge in [0.1, 0.15) is 0 Å². The summed E-state index contributed by atoms with van der Waals surface area (Å²) in [7, 11) is 0. The third-order valence-corrected chi connectivity index (χ3v) is 4.19. The Morgan fingerprint density at radius 3 is 2.82 bits per heavy atom. The van der Waals surface area contributed by atoms with Crippen LogP contribution >= 0.6 is 0 Å². The Kier molecular flexibility index (Phi) is 4.10. The molecule has 3 rings (SSSR count). The highest BCUT2D eigenvalue weighted by atomic mass is 14.7. The molecule has 0 atom stereocenters. The summed E-state index contributed by atoms with van der Waals surface area (Å²) >= 11 is 0. The predicted molar refractivity (Wildman–Crippen MR) is 94.0 cm³/mol. The Bertz CT molecular complexity index is 811. The highest BCUT2D eigenvalue weighted by Gasteiger charge is 2.06. The van der Waals surface area contributed by atoms with E-state index in [2.05, 4.69) is 60.7 Å². The molecule has 0 amide bonds. The van der Waals surface area contributed by atoms with Gasteiger partial charge in [0, 0.05) is 17.3 Å². The van der Waals surface area contributed by atoms with Gasteiger partial charge < -0.3 is 4.98 Å². The highest BCUT2D eigenvalue weighted by molar-refractivity contribution is 5.78. The van der Waals surface area contributed by atoms with Gasteiger partial charge >= 0.3 is 0 Å². The van der Waals surface area contributed by atoms with Crippen molar-refractivity contribution in [3.63, 3.8) is 0 Å². The molecule has 0 aliphatic heterocycles. The summed E-state index contributed by atoms with van der Waals surface area (Å²) in [5, 5.41) is 1.23. The number of nitrogens with zero attached hydrogens (tertiary/aromatic N) is 1. The largest absolute Gasteiger partial charge is 0.360 e. The number of rotatable bonds is 5. The zero-order valence-electron chi connectivity index (χ0n) is 13.3. The molecule has 112 valence electrons. The Hall–Kier alpha value is -2.35. The van der Waals surface area contributed by atoms with Crippen LogP contribution in [0, 0.1) is 0 Å². The van der Waals surface area contributed by atoms with Gasteiger partial charge in [-0.1, -0.05) is 37.3 Å². The van der Waals surface area contributed by atoms with Crippen LogP contribution in [-0.2, 0) is 19.3 Å². The monoisotopic (exact) mass is 290 g/mol. The molecule has 0 unspecified atom stereocenters. The summed E-state index contributed by atoms with van der Waals surface area (Å²) in [6.45, 7) is 8.40. The standard InChI is InChI=1S/C20H22N2/c1-4-15-5-6-16(19(11-15)14(2)3)7-8-18-12-17-9-10-21-20(17)13-22-18/h5-6,9-13,21H,2,4,7-8H2,1,3H3. The molecule has 0 spiro atoms. The van der Waals surface area contributed by atoms with E-state index in [0.29, 0.717) is 0 Å². The van der Waals surface area contributed by atoms with Crippen molar-refractivity contribution in [3.05, 3.63) is 71.7 Å². The van der Waals surface area contributed by atoms with Crippen LogP contribution in [0.15, 0.2) is 49.3 Å². The fraction of sp³-hybridized carbons (Fsp3) is 0.250. The van der Waals surface area contributed by atoms with Gasteiger partial charge in [0.2, 0.25) is 0 Å². The molecule has 0 radical (unpaired) electrons. The maximum Gasteiger partial charge on any atom is 0.0640 e. The molecule has 3 aromatic rings. The van der Waals surface area contributed by atoms with Gasteiger partial charge in [-0.3, -0.25) is 4.98 Å². The summed E-state index contributed by atoms with van der Waals surface area (Å²) in [6.07, 6.45) is 6.89. The molecule has 22 heavy (non-hydrogen) atoms. The minimum atomic E-state index is 0.951. The average Bonchev–Trinajstić information content (AvgIpc) is 3.00. The van der Waals surface area contributed by atoms with Gasteiger partial charge in [-0.15, -0.1) is 0 Å².